The molecule has 88 valence electrons. The molecule has 0 radical (unpaired) electrons. The summed E-state index contributed by atoms with van der Waals surface area (Å²) in [7, 11) is 0. The molecule has 0 aliphatic rings. The van der Waals surface area contributed by atoms with Gasteiger partial charge in [0.2, 0.25) is 0 Å². The minimum atomic E-state index is -0.499. The van der Waals surface area contributed by atoms with Crippen LogP contribution in [0, 0.1) is 0 Å². The number of aromatic nitrogens is 1. The zero-order valence-electron chi connectivity index (χ0n) is 9.71. The second kappa shape index (κ2) is 5.46. The normalized spacial score (nSPS) is 12.1. The van der Waals surface area contributed by atoms with Gasteiger partial charge in [-0.05, 0) is 30.7 Å². The molecular weight excluding hydrogens is 214 g/mol. The van der Waals surface area contributed by atoms with Crippen molar-refractivity contribution in [1.82, 2.24) is 4.98 Å². The van der Waals surface area contributed by atoms with E-state index in [1.165, 1.54) is 0 Å². The number of pyridine rings is 1. The van der Waals surface area contributed by atoms with Crippen molar-refractivity contribution in [3.8, 4) is 11.5 Å². The highest BCUT2D eigenvalue weighted by Crippen LogP contribution is 2.21. The molecule has 2 aromatic rings. The average molecular weight is 229 g/mol. The first-order valence-corrected chi connectivity index (χ1v) is 5.66. The quantitative estimate of drug-likeness (QED) is 0.874. The lowest BCUT2D eigenvalue weighted by atomic mass is 10.2. The molecule has 0 saturated carbocycles. The van der Waals surface area contributed by atoms with Crippen LogP contribution in [-0.2, 0) is 0 Å². The number of rotatable bonds is 4. The molecule has 0 amide bonds. The summed E-state index contributed by atoms with van der Waals surface area (Å²) in [5.74, 6) is 1.45. The van der Waals surface area contributed by atoms with Crippen LogP contribution in [0.15, 0.2) is 48.7 Å². The van der Waals surface area contributed by atoms with Crippen LogP contribution in [0.5, 0.6) is 11.5 Å². The van der Waals surface area contributed by atoms with Crippen molar-refractivity contribution in [3.05, 3.63) is 54.4 Å². The van der Waals surface area contributed by atoms with Gasteiger partial charge in [-0.15, -0.1) is 0 Å². The second-order valence-electron chi connectivity index (χ2n) is 3.76. The van der Waals surface area contributed by atoms with Gasteiger partial charge in [-0.25, -0.2) is 0 Å². The summed E-state index contributed by atoms with van der Waals surface area (Å²) < 4.78 is 5.60. The number of para-hydroxylation sites is 1. The Bertz CT molecular complexity index is 453. The third-order valence-corrected chi connectivity index (χ3v) is 2.47. The van der Waals surface area contributed by atoms with Crippen LogP contribution < -0.4 is 4.74 Å². The number of hydrogen-bond donors (Lipinski definition) is 1. The van der Waals surface area contributed by atoms with E-state index < -0.39 is 6.10 Å². The van der Waals surface area contributed by atoms with E-state index in [0.717, 1.165) is 5.75 Å². The van der Waals surface area contributed by atoms with E-state index in [2.05, 4.69) is 4.98 Å². The Morgan fingerprint density at radius 3 is 2.47 bits per heavy atom. The topological polar surface area (TPSA) is 42.4 Å². The van der Waals surface area contributed by atoms with E-state index >= 15 is 0 Å². The molecule has 1 heterocycles. The molecule has 0 fully saturated rings. The van der Waals surface area contributed by atoms with E-state index in [4.69, 9.17) is 4.74 Å². The highest BCUT2D eigenvalue weighted by atomic mass is 16.5. The fourth-order valence-corrected chi connectivity index (χ4v) is 1.48. The van der Waals surface area contributed by atoms with Crippen LogP contribution in [0.25, 0.3) is 0 Å². The van der Waals surface area contributed by atoms with Crippen LogP contribution in [0.2, 0.25) is 0 Å². The molecule has 1 aromatic heterocycles. The molecule has 3 nitrogen and oxygen atoms in total. The van der Waals surface area contributed by atoms with Crippen molar-refractivity contribution in [1.29, 1.82) is 0 Å². The van der Waals surface area contributed by atoms with E-state index in [-0.39, 0.29) is 0 Å². The Morgan fingerprint density at radius 2 is 1.88 bits per heavy atom. The van der Waals surface area contributed by atoms with Gasteiger partial charge in [0.05, 0.1) is 18.0 Å². The van der Waals surface area contributed by atoms with E-state index in [9.17, 15) is 5.11 Å². The minimum absolute atomic E-state index is 0.499. The molecule has 0 aliphatic heterocycles. The monoisotopic (exact) mass is 229 g/mol. The third kappa shape index (κ3) is 3.04. The SMILES string of the molecule is CC[C@H](O)c1ccc(Oc2ccccc2)cn1. The fraction of sp³-hybridized carbons (Fsp3) is 0.214. The highest BCUT2D eigenvalue weighted by Gasteiger charge is 2.06. The summed E-state index contributed by atoms with van der Waals surface area (Å²) in [6.45, 7) is 1.92. The highest BCUT2D eigenvalue weighted by molar-refractivity contribution is 5.29. The molecule has 1 N–H and O–H groups in total. The Hall–Kier alpha value is -1.87. The summed E-state index contributed by atoms with van der Waals surface area (Å²) in [4.78, 5) is 4.17. The van der Waals surface area contributed by atoms with Crippen molar-refractivity contribution in [2.45, 2.75) is 19.4 Å². The van der Waals surface area contributed by atoms with Crippen LogP contribution >= 0.6 is 0 Å². The molecule has 0 saturated heterocycles. The molecule has 0 aliphatic carbocycles. The third-order valence-electron chi connectivity index (χ3n) is 2.47. The number of hydrogen-bond acceptors (Lipinski definition) is 3. The van der Waals surface area contributed by atoms with E-state index in [1.807, 2.05) is 43.3 Å². The van der Waals surface area contributed by atoms with Gasteiger partial charge in [-0.3, -0.25) is 4.98 Å². The summed E-state index contributed by atoms with van der Waals surface area (Å²) in [6, 6.07) is 13.1. The van der Waals surface area contributed by atoms with E-state index in [1.54, 1.807) is 12.3 Å². The molecule has 17 heavy (non-hydrogen) atoms. The lowest BCUT2D eigenvalue weighted by molar-refractivity contribution is 0.169. The standard InChI is InChI=1S/C14H15NO2/c1-2-14(16)13-9-8-12(10-15-13)17-11-6-4-3-5-7-11/h3-10,14,16H,2H2,1H3/t14-/m0/s1. The lowest BCUT2D eigenvalue weighted by Gasteiger charge is -2.08. The van der Waals surface area contributed by atoms with Gasteiger partial charge in [0.1, 0.15) is 11.5 Å². The fourth-order valence-electron chi connectivity index (χ4n) is 1.48. The van der Waals surface area contributed by atoms with Crippen molar-refractivity contribution in [2.75, 3.05) is 0 Å². The van der Waals surface area contributed by atoms with Gasteiger partial charge in [-0.1, -0.05) is 25.1 Å². The summed E-state index contributed by atoms with van der Waals surface area (Å²) in [5.41, 5.74) is 0.674. The van der Waals surface area contributed by atoms with E-state index in [0.29, 0.717) is 17.9 Å². The molecule has 1 aromatic carbocycles. The predicted molar refractivity (Wildman–Crippen MR) is 66.0 cm³/mol. The van der Waals surface area contributed by atoms with Gasteiger partial charge in [0.15, 0.2) is 0 Å². The Kier molecular flexibility index (Phi) is 3.73. The Morgan fingerprint density at radius 1 is 1.12 bits per heavy atom. The second-order valence-corrected chi connectivity index (χ2v) is 3.76. The first kappa shape index (κ1) is 11.6. The van der Waals surface area contributed by atoms with Gasteiger partial charge in [-0.2, -0.15) is 0 Å². The molecule has 1 atom stereocenters. The lowest BCUT2D eigenvalue weighted by Crippen LogP contribution is -1.98. The Labute approximate surface area is 101 Å². The Balaban J connectivity index is 2.08. The van der Waals surface area contributed by atoms with Gasteiger partial charge in [0, 0.05) is 0 Å². The van der Waals surface area contributed by atoms with Crippen LogP contribution in [0.3, 0.4) is 0 Å². The maximum Gasteiger partial charge on any atom is 0.145 e. The summed E-state index contributed by atoms with van der Waals surface area (Å²) in [6.07, 6.45) is 1.79. The predicted octanol–water partition coefficient (Wildman–Crippen LogP) is 3.32. The van der Waals surface area contributed by atoms with Crippen molar-refractivity contribution in [3.63, 3.8) is 0 Å². The summed E-state index contributed by atoms with van der Waals surface area (Å²) >= 11 is 0. The summed E-state index contributed by atoms with van der Waals surface area (Å²) in [5, 5.41) is 9.61. The largest absolute Gasteiger partial charge is 0.456 e. The first-order valence-electron chi connectivity index (χ1n) is 5.66. The molecule has 0 bridgehead atoms. The maximum atomic E-state index is 9.61. The maximum absolute atomic E-state index is 9.61. The molecule has 0 unspecified atom stereocenters. The molecule has 3 heteroatoms. The molecular formula is C14H15NO2. The first-order chi connectivity index (χ1) is 8.29. The minimum Gasteiger partial charge on any atom is -0.456 e. The zero-order valence-corrected chi connectivity index (χ0v) is 9.71. The smallest absolute Gasteiger partial charge is 0.145 e. The number of aliphatic hydroxyl groups excluding tert-OH is 1. The average Bonchev–Trinajstić information content (AvgIpc) is 2.40. The number of aliphatic hydroxyl groups is 1. The van der Waals surface area contributed by atoms with Crippen LogP contribution in [0.1, 0.15) is 25.1 Å². The van der Waals surface area contributed by atoms with Crippen molar-refractivity contribution < 1.29 is 9.84 Å². The van der Waals surface area contributed by atoms with Crippen LogP contribution in [-0.4, -0.2) is 10.1 Å². The number of benzene rings is 1. The van der Waals surface area contributed by atoms with Gasteiger partial charge in [0.25, 0.3) is 0 Å². The van der Waals surface area contributed by atoms with Crippen molar-refractivity contribution >= 4 is 0 Å². The van der Waals surface area contributed by atoms with Gasteiger partial charge < -0.3 is 9.84 Å². The van der Waals surface area contributed by atoms with Crippen LogP contribution in [0.4, 0.5) is 0 Å². The number of ether oxygens (including phenoxy) is 1. The zero-order chi connectivity index (χ0) is 12.1. The van der Waals surface area contributed by atoms with Gasteiger partial charge >= 0.3 is 0 Å². The molecule has 0 spiro atoms. The van der Waals surface area contributed by atoms with Crippen molar-refractivity contribution in [2.24, 2.45) is 0 Å². The molecule has 2 rings (SSSR count). The number of nitrogens with zero attached hydrogens (tertiary/aromatic N) is 1.